The predicted molar refractivity (Wildman–Crippen MR) is 87.0 cm³/mol. The zero-order chi connectivity index (χ0) is 15.8. The van der Waals surface area contributed by atoms with E-state index in [0.717, 1.165) is 50.5 Å². The fourth-order valence-electron chi connectivity index (χ4n) is 4.55. The summed E-state index contributed by atoms with van der Waals surface area (Å²) < 4.78 is 2.22. The first-order valence-electron chi connectivity index (χ1n) is 9.14. The molecule has 4 heterocycles. The van der Waals surface area contributed by atoms with Gasteiger partial charge in [-0.15, -0.1) is 10.2 Å². The summed E-state index contributed by atoms with van der Waals surface area (Å²) in [6, 6.07) is 0.653. The van der Waals surface area contributed by atoms with Crippen LogP contribution in [0.2, 0.25) is 0 Å². The zero-order valence-electron chi connectivity index (χ0n) is 14.1. The van der Waals surface area contributed by atoms with Gasteiger partial charge in [0.05, 0.1) is 12.6 Å². The van der Waals surface area contributed by atoms with Crippen LogP contribution < -0.4 is 0 Å². The highest BCUT2D eigenvalue weighted by Gasteiger charge is 2.40. The Kier molecular flexibility index (Phi) is 4.09. The summed E-state index contributed by atoms with van der Waals surface area (Å²) in [4.78, 5) is 17.5. The Balaban J connectivity index is 1.47. The number of amides is 1. The number of carbonyl (C=O) groups excluding carboxylic acids is 1. The Bertz CT molecular complexity index is 576. The van der Waals surface area contributed by atoms with E-state index in [1.165, 1.54) is 25.7 Å². The highest BCUT2D eigenvalue weighted by atomic mass is 16.2. The van der Waals surface area contributed by atoms with Gasteiger partial charge in [0, 0.05) is 19.0 Å². The average Bonchev–Trinajstić information content (AvgIpc) is 2.89. The lowest BCUT2D eigenvalue weighted by atomic mass is 10.1. The van der Waals surface area contributed by atoms with Crippen molar-refractivity contribution in [2.24, 2.45) is 0 Å². The standard InChI is InChI=1S/C17H27N5O/c1-13-18-19-16-10-14-6-7-15(11-21(13)16)22(14)17(23)12-20-8-4-2-3-5-9-20/h14-15H,2-12H2,1H3. The van der Waals surface area contributed by atoms with Crippen LogP contribution in [0.4, 0.5) is 0 Å². The highest BCUT2D eigenvalue weighted by molar-refractivity contribution is 5.79. The molecule has 6 heteroatoms. The molecule has 3 aliphatic heterocycles. The third kappa shape index (κ3) is 2.89. The Morgan fingerprint density at radius 2 is 1.83 bits per heavy atom. The van der Waals surface area contributed by atoms with Crippen molar-refractivity contribution in [3.63, 3.8) is 0 Å². The van der Waals surface area contributed by atoms with Crippen LogP contribution in [-0.2, 0) is 17.8 Å². The summed E-state index contributed by atoms with van der Waals surface area (Å²) in [5.41, 5.74) is 0. The topological polar surface area (TPSA) is 54.3 Å². The zero-order valence-corrected chi connectivity index (χ0v) is 14.1. The maximum atomic E-state index is 13.0. The average molecular weight is 317 g/mol. The molecule has 2 saturated heterocycles. The number of fused-ring (bicyclic) bond motifs is 3. The fourth-order valence-corrected chi connectivity index (χ4v) is 4.55. The van der Waals surface area contributed by atoms with Crippen LogP contribution in [0.25, 0.3) is 0 Å². The van der Waals surface area contributed by atoms with Crippen molar-refractivity contribution in [2.45, 2.75) is 70.5 Å². The summed E-state index contributed by atoms with van der Waals surface area (Å²) in [6.45, 7) is 5.65. The number of hydrogen-bond acceptors (Lipinski definition) is 4. The molecular weight excluding hydrogens is 290 g/mol. The lowest BCUT2D eigenvalue weighted by Gasteiger charge is -2.30. The van der Waals surface area contributed by atoms with Gasteiger partial charge < -0.3 is 9.47 Å². The molecule has 126 valence electrons. The van der Waals surface area contributed by atoms with E-state index in [1.807, 2.05) is 6.92 Å². The molecule has 1 amide bonds. The van der Waals surface area contributed by atoms with E-state index in [2.05, 4.69) is 24.6 Å². The van der Waals surface area contributed by atoms with Crippen LogP contribution in [0.3, 0.4) is 0 Å². The summed E-state index contributed by atoms with van der Waals surface area (Å²) in [6.07, 6.45) is 8.19. The number of carbonyl (C=O) groups is 1. The molecule has 4 rings (SSSR count). The number of aromatic nitrogens is 3. The first-order chi connectivity index (χ1) is 11.2. The van der Waals surface area contributed by atoms with E-state index < -0.39 is 0 Å². The van der Waals surface area contributed by atoms with Gasteiger partial charge in [-0.1, -0.05) is 12.8 Å². The number of rotatable bonds is 2. The lowest BCUT2D eigenvalue weighted by molar-refractivity contribution is -0.135. The molecule has 2 atom stereocenters. The van der Waals surface area contributed by atoms with E-state index >= 15 is 0 Å². The maximum Gasteiger partial charge on any atom is 0.237 e. The van der Waals surface area contributed by atoms with Crippen LogP contribution in [0, 0.1) is 6.92 Å². The molecule has 0 saturated carbocycles. The molecule has 1 aromatic heterocycles. The molecule has 0 spiro atoms. The number of nitrogens with zero attached hydrogens (tertiary/aromatic N) is 5. The Hall–Kier alpha value is -1.43. The number of hydrogen-bond donors (Lipinski definition) is 0. The molecule has 0 aliphatic carbocycles. The van der Waals surface area contributed by atoms with Gasteiger partial charge in [-0.25, -0.2) is 0 Å². The number of aryl methyl sites for hydroxylation is 1. The van der Waals surface area contributed by atoms with Crippen LogP contribution in [0.15, 0.2) is 0 Å². The van der Waals surface area contributed by atoms with Crippen molar-refractivity contribution in [1.82, 2.24) is 24.6 Å². The minimum atomic E-state index is 0.323. The van der Waals surface area contributed by atoms with E-state index in [1.54, 1.807) is 0 Å². The molecule has 6 nitrogen and oxygen atoms in total. The van der Waals surface area contributed by atoms with E-state index in [9.17, 15) is 4.79 Å². The molecule has 3 aliphatic rings. The molecule has 1 aromatic rings. The van der Waals surface area contributed by atoms with Gasteiger partial charge in [-0.3, -0.25) is 9.69 Å². The SMILES string of the molecule is Cc1nnc2n1CC1CCC(C2)N1C(=O)CN1CCCCCC1. The van der Waals surface area contributed by atoms with Gasteiger partial charge in [0.2, 0.25) is 5.91 Å². The van der Waals surface area contributed by atoms with E-state index in [0.29, 0.717) is 24.5 Å². The molecule has 0 aromatic carbocycles. The van der Waals surface area contributed by atoms with Gasteiger partial charge in [-0.2, -0.15) is 0 Å². The molecule has 0 N–H and O–H groups in total. The highest BCUT2D eigenvalue weighted by Crippen LogP contribution is 2.31. The molecule has 2 fully saturated rings. The third-order valence-corrected chi connectivity index (χ3v) is 5.79. The summed E-state index contributed by atoms with van der Waals surface area (Å²) in [7, 11) is 0. The Morgan fingerprint density at radius 3 is 2.61 bits per heavy atom. The molecule has 2 unspecified atom stereocenters. The van der Waals surface area contributed by atoms with Crippen molar-refractivity contribution in [2.75, 3.05) is 19.6 Å². The van der Waals surface area contributed by atoms with Gasteiger partial charge >= 0.3 is 0 Å². The maximum absolute atomic E-state index is 13.0. The smallest absolute Gasteiger partial charge is 0.237 e. The van der Waals surface area contributed by atoms with Crippen molar-refractivity contribution in [1.29, 1.82) is 0 Å². The van der Waals surface area contributed by atoms with Gasteiger partial charge in [-0.05, 0) is 45.7 Å². The first-order valence-corrected chi connectivity index (χ1v) is 9.14. The van der Waals surface area contributed by atoms with E-state index in [-0.39, 0.29) is 0 Å². The third-order valence-electron chi connectivity index (χ3n) is 5.79. The second-order valence-electron chi connectivity index (χ2n) is 7.35. The first kappa shape index (κ1) is 15.1. The number of likely N-dealkylation sites (tertiary alicyclic amines) is 1. The minimum absolute atomic E-state index is 0.323. The van der Waals surface area contributed by atoms with Gasteiger partial charge in [0.15, 0.2) is 0 Å². The van der Waals surface area contributed by atoms with Crippen molar-refractivity contribution in [3.8, 4) is 0 Å². The normalized spacial score (nSPS) is 28.3. The monoisotopic (exact) mass is 317 g/mol. The minimum Gasteiger partial charge on any atom is -0.333 e. The van der Waals surface area contributed by atoms with E-state index in [4.69, 9.17) is 0 Å². The van der Waals surface area contributed by atoms with Gasteiger partial charge in [0.1, 0.15) is 11.6 Å². The second kappa shape index (κ2) is 6.23. The quantitative estimate of drug-likeness (QED) is 0.827. The molecule has 0 radical (unpaired) electrons. The molecular formula is C17H27N5O. The van der Waals surface area contributed by atoms with Crippen molar-refractivity contribution >= 4 is 5.91 Å². The van der Waals surface area contributed by atoms with Crippen LogP contribution >= 0.6 is 0 Å². The largest absolute Gasteiger partial charge is 0.333 e. The second-order valence-corrected chi connectivity index (χ2v) is 7.35. The van der Waals surface area contributed by atoms with Gasteiger partial charge in [0.25, 0.3) is 0 Å². The molecule has 23 heavy (non-hydrogen) atoms. The van der Waals surface area contributed by atoms with Crippen LogP contribution in [-0.4, -0.2) is 62.2 Å². The van der Waals surface area contributed by atoms with Crippen LogP contribution in [0.1, 0.15) is 50.2 Å². The summed E-state index contributed by atoms with van der Waals surface area (Å²) >= 11 is 0. The van der Waals surface area contributed by atoms with Crippen LogP contribution in [0.5, 0.6) is 0 Å². The Morgan fingerprint density at radius 1 is 1.09 bits per heavy atom. The Labute approximate surface area is 137 Å². The van der Waals surface area contributed by atoms with Crippen molar-refractivity contribution in [3.05, 3.63) is 11.6 Å². The predicted octanol–water partition coefficient (Wildman–Crippen LogP) is 1.38. The fraction of sp³-hybridized carbons (Fsp3) is 0.824. The lowest BCUT2D eigenvalue weighted by Crippen LogP contribution is -2.47. The van der Waals surface area contributed by atoms with Crippen molar-refractivity contribution < 1.29 is 4.79 Å². The molecule has 2 bridgehead atoms. The summed E-state index contributed by atoms with van der Waals surface area (Å²) in [5, 5.41) is 8.53. The summed E-state index contributed by atoms with van der Waals surface area (Å²) in [5.74, 6) is 2.37.